The zero-order chi connectivity index (χ0) is 12.4. The second-order valence-electron chi connectivity index (χ2n) is 5.64. The Hall–Kier alpha value is -1.09. The lowest BCUT2D eigenvalue weighted by atomic mass is 9.92. The highest BCUT2D eigenvalue weighted by Gasteiger charge is 2.34. The van der Waals surface area contributed by atoms with Crippen LogP contribution in [0.1, 0.15) is 37.8 Å². The number of anilines is 1. The molecule has 3 rings (SSSR count). The van der Waals surface area contributed by atoms with E-state index in [1.54, 1.807) is 0 Å². The summed E-state index contributed by atoms with van der Waals surface area (Å²) in [6.07, 6.45) is 7.09. The van der Waals surface area contributed by atoms with Crippen molar-refractivity contribution < 1.29 is 0 Å². The average molecular weight is 245 g/mol. The summed E-state index contributed by atoms with van der Waals surface area (Å²) in [7, 11) is 1.93. The highest BCUT2D eigenvalue weighted by Crippen LogP contribution is 2.37. The number of nitrogens with one attached hydrogen (secondary N) is 1. The van der Waals surface area contributed by atoms with Crippen LogP contribution in [-0.2, 0) is 6.54 Å². The van der Waals surface area contributed by atoms with E-state index in [2.05, 4.69) is 27.3 Å². The summed E-state index contributed by atoms with van der Waals surface area (Å²) in [5.74, 6) is 1.94. The van der Waals surface area contributed by atoms with Gasteiger partial charge in [0.05, 0.1) is 5.69 Å². The van der Waals surface area contributed by atoms with Gasteiger partial charge in [-0.15, -0.1) is 0 Å². The summed E-state index contributed by atoms with van der Waals surface area (Å²) >= 11 is 0. The third kappa shape index (κ3) is 2.37. The predicted molar refractivity (Wildman–Crippen MR) is 74.6 cm³/mol. The van der Waals surface area contributed by atoms with E-state index in [9.17, 15) is 0 Å². The van der Waals surface area contributed by atoms with Gasteiger partial charge in [0.2, 0.25) is 0 Å². The highest BCUT2D eigenvalue weighted by atomic mass is 15.2. The third-order valence-electron chi connectivity index (χ3n) is 4.54. The molecule has 0 spiro atoms. The van der Waals surface area contributed by atoms with Gasteiger partial charge in [0.25, 0.3) is 0 Å². The first kappa shape index (κ1) is 12.0. The molecule has 1 saturated carbocycles. The zero-order valence-electron chi connectivity index (χ0n) is 11.2. The van der Waals surface area contributed by atoms with Gasteiger partial charge in [0, 0.05) is 19.6 Å². The van der Waals surface area contributed by atoms with Gasteiger partial charge >= 0.3 is 0 Å². The minimum Gasteiger partial charge on any atom is -0.373 e. The number of nitrogens with zero attached hydrogens (tertiary/aromatic N) is 2. The standard InChI is InChI=1S/C15H23N3/c1-16-15-9-3-7-13(17-15)11-18-10-4-6-12-5-2-8-14(12)18/h3,7,9,12,14H,2,4-6,8,10-11H2,1H3,(H,16,17). The van der Waals surface area contributed by atoms with E-state index in [-0.39, 0.29) is 0 Å². The molecule has 1 aliphatic carbocycles. The Morgan fingerprint density at radius 2 is 2.17 bits per heavy atom. The van der Waals surface area contributed by atoms with Crippen molar-refractivity contribution in [3.05, 3.63) is 23.9 Å². The Labute approximate surface area is 110 Å². The van der Waals surface area contributed by atoms with Crippen molar-refractivity contribution in [3.63, 3.8) is 0 Å². The van der Waals surface area contributed by atoms with Crippen LogP contribution in [0.25, 0.3) is 0 Å². The topological polar surface area (TPSA) is 28.2 Å². The summed E-state index contributed by atoms with van der Waals surface area (Å²) in [4.78, 5) is 7.32. The number of hydrogen-bond acceptors (Lipinski definition) is 3. The van der Waals surface area contributed by atoms with E-state index in [1.165, 1.54) is 44.3 Å². The fourth-order valence-corrected chi connectivity index (χ4v) is 3.67. The molecule has 98 valence electrons. The van der Waals surface area contributed by atoms with Gasteiger partial charge < -0.3 is 5.32 Å². The van der Waals surface area contributed by atoms with Crippen LogP contribution in [-0.4, -0.2) is 29.5 Å². The lowest BCUT2D eigenvalue weighted by molar-refractivity contribution is 0.104. The molecule has 3 heteroatoms. The highest BCUT2D eigenvalue weighted by molar-refractivity contribution is 5.34. The Morgan fingerprint density at radius 3 is 3.06 bits per heavy atom. The van der Waals surface area contributed by atoms with Gasteiger partial charge in [0.1, 0.15) is 5.82 Å². The van der Waals surface area contributed by atoms with Crippen LogP contribution in [0.3, 0.4) is 0 Å². The number of aromatic nitrogens is 1. The monoisotopic (exact) mass is 245 g/mol. The molecule has 2 atom stereocenters. The smallest absolute Gasteiger partial charge is 0.126 e. The number of pyridine rings is 1. The molecule has 2 aliphatic rings. The SMILES string of the molecule is CNc1cccc(CN2CCCC3CCCC32)n1. The summed E-state index contributed by atoms with van der Waals surface area (Å²) in [6.45, 7) is 2.28. The van der Waals surface area contributed by atoms with Crippen molar-refractivity contribution in [1.29, 1.82) is 0 Å². The zero-order valence-corrected chi connectivity index (χ0v) is 11.2. The van der Waals surface area contributed by atoms with Crippen molar-refractivity contribution in [1.82, 2.24) is 9.88 Å². The van der Waals surface area contributed by atoms with E-state index >= 15 is 0 Å². The summed E-state index contributed by atoms with van der Waals surface area (Å²) < 4.78 is 0. The second-order valence-corrected chi connectivity index (χ2v) is 5.64. The molecule has 1 aromatic heterocycles. The molecule has 3 nitrogen and oxygen atoms in total. The molecule has 1 aromatic rings. The Morgan fingerprint density at radius 1 is 1.28 bits per heavy atom. The summed E-state index contributed by atoms with van der Waals surface area (Å²) in [5.41, 5.74) is 1.20. The lowest BCUT2D eigenvalue weighted by Gasteiger charge is -2.37. The molecule has 0 radical (unpaired) electrons. The number of piperidine rings is 1. The van der Waals surface area contributed by atoms with Crippen LogP contribution < -0.4 is 5.32 Å². The van der Waals surface area contributed by atoms with E-state index in [4.69, 9.17) is 0 Å². The van der Waals surface area contributed by atoms with Gasteiger partial charge in [0.15, 0.2) is 0 Å². The van der Waals surface area contributed by atoms with E-state index in [0.717, 1.165) is 24.3 Å². The van der Waals surface area contributed by atoms with E-state index < -0.39 is 0 Å². The average Bonchev–Trinajstić information content (AvgIpc) is 2.88. The maximum atomic E-state index is 4.65. The van der Waals surface area contributed by atoms with Gasteiger partial charge in [-0.3, -0.25) is 4.90 Å². The summed E-state index contributed by atoms with van der Waals surface area (Å²) in [6, 6.07) is 7.11. The maximum absolute atomic E-state index is 4.65. The van der Waals surface area contributed by atoms with Crippen LogP contribution in [0.4, 0.5) is 5.82 Å². The maximum Gasteiger partial charge on any atom is 0.126 e. The third-order valence-corrected chi connectivity index (χ3v) is 4.54. The quantitative estimate of drug-likeness (QED) is 0.887. The predicted octanol–water partition coefficient (Wildman–Crippen LogP) is 2.89. The van der Waals surface area contributed by atoms with E-state index in [0.29, 0.717) is 0 Å². The van der Waals surface area contributed by atoms with Crippen molar-refractivity contribution in [2.75, 3.05) is 18.9 Å². The molecule has 0 bridgehead atoms. The second kappa shape index (κ2) is 5.27. The van der Waals surface area contributed by atoms with Crippen molar-refractivity contribution in [2.24, 2.45) is 5.92 Å². The fraction of sp³-hybridized carbons (Fsp3) is 0.667. The number of hydrogen-bond donors (Lipinski definition) is 1. The first-order valence-electron chi connectivity index (χ1n) is 7.24. The molecule has 2 fully saturated rings. The minimum atomic E-state index is 0.832. The van der Waals surface area contributed by atoms with Crippen LogP contribution in [0.15, 0.2) is 18.2 Å². The van der Waals surface area contributed by atoms with Crippen LogP contribution in [0.5, 0.6) is 0 Å². The van der Waals surface area contributed by atoms with Crippen LogP contribution in [0.2, 0.25) is 0 Å². The Kier molecular flexibility index (Phi) is 3.50. The first-order valence-corrected chi connectivity index (χ1v) is 7.24. The number of fused-ring (bicyclic) bond motifs is 1. The Bertz CT molecular complexity index is 404. The Balaban J connectivity index is 1.70. The van der Waals surface area contributed by atoms with Gasteiger partial charge in [-0.2, -0.15) is 0 Å². The summed E-state index contributed by atoms with van der Waals surface area (Å²) in [5, 5.41) is 3.12. The van der Waals surface area contributed by atoms with Crippen molar-refractivity contribution >= 4 is 5.82 Å². The molecule has 2 unspecified atom stereocenters. The van der Waals surface area contributed by atoms with Crippen molar-refractivity contribution in [2.45, 2.75) is 44.7 Å². The van der Waals surface area contributed by atoms with Crippen LogP contribution >= 0.6 is 0 Å². The van der Waals surface area contributed by atoms with Crippen LogP contribution in [0, 0.1) is 5.92 Å². The fourth-order valence-electron chi connectivity index (χ4n) is 3.67. The lowest BCUT2D eigenvalue weighted by Crippen LogP contribution is -2.42. The molecule has 1 saturated heterocycles. The van der Waals surface area contributed by atoms with Gasteiger partial charge in [-0.25, -0.2) is 4.98 Å². The van der Waals surface area contributed by atoms with Crippen molar-refractivity contribution in [3.8, 4) is 0 Å². The molecule has 0 amide bonds. The number of rotatable bonds is 3. The van der Waals surface area contributed by atoms with E-state index in [1.807, 2.05) is 13.1 Å². The van der Waals surface area contributed by atoms with Gasteiger partial charge in [-0.05, 0) is 50.3 Å². The number of likely N-dealkylation sites (tertiary alicyclic amines) is 1. The molecule has 0 aromatic carbocycles. The molecule has 18 heavy (non-hydrogen) atoms. The molecule has 2 heterocycles. The minimum absolute atomic E-state index is 0.832. The first-order chi connectivity index (χ1) is 8.86. The normalized spacial score (nSPS) is 28.1. The molecule has 1 aliphatic heterocycles. The molecule has 1 N–H and O–H groups in total. The van der Waals surface area contributed by atoms with Gasteiger partial charge in [-0.1, -0.05) is 12.5 Å². The molecular weight excluding hydrogens is 222 g/mol. The molecular formula is C15H23N3. The largest absolute Gasteiger partial charge is 0.373 e.